The first-order valence-electron chi connectivity index (χ1n) is 16.9. The molecule has 262 valence electrons. The number of allylic oxidation sites excluding steroid dienone is 1. The largest absolute Gasteiger partial charge is 0.463 e. The predicted molar refractivity (Wildman–Crippen MR) is 188 cm³/mol. The molecule has 49 heavy (non-hydrogen) atoms. The number of nitrogens with one attached hydrogen (secondary N) is 1. The number of amides is 3. The Bertz CT molecular complexity index is 1520. The summed E-state index contributed by atoms with van der Waals surface area (Å²) in [7, 11) is 0. The third kappa shape index (κ3) is 7.25. The number of halogens is 1. The van der Waals surface area contributed by atoms with E-state index >= 15 is 0 Å². The van der Waals surface area contributed by atoms with Gasteiger partial charge in [-0.25, -0.2) is 0 Å². The molecule has 2 aromatic rings. The normalized spacial score (nSPS) is 26.6. The number of benzene rings is 2. The molecule has 3 amide bonds. The molecule has 3 aliphatic rings. The van der Waals surface area contributed by atoms with Gasteiger partial charge in [0.25, 0.3) is 0 Å². The van der Waals surface area contributed by atoms with Crippen LogP contribution in [0.25, 0.3) is 0 Å². The summed E-state index contributed by atoms with van der Waals surface area (Å²) in [4.78, 5) is 59.1. The lowest BCUT2D eigenvalue weighted by Gasteiger charge is -2.40. The van der Waals surface area contributed by atoms with E-state index in [9.17, 15) is 24.3 Å². The van der Waals surface area contributed by atoms with E-state index in [1.54, 1.807) is 17.1 Å². The molecule has 1 spiro atoms. The van der Waals surface area contributed by atoms with Gasteiger partial charge >= 0.3 is 5.97 Å². The van der Waals surface area contributed by atoms with Crippen molar-refractivity contribution in [2.45, 2.75) is 74.3 Å². The lowest BCUT2D eigenvalue weighted by molar-refractivity contribution is -0.152. The molecule has 2 N–H and O–H groups in total. The van der Waals surface area contributed by atoms with Crippen molar-refractivity contribution in [1.82, 2.24) is 15.1 Å². The van der Waals surface area contributed by atoms with Crippen molar-refractivity contribution in [2.24, 2.45) is 17.8 Å². The van der Waals surface area contributed by atoms with E-state index in [-0.39, 0.29) is 49.4 Å². The van der Waals surface area contributed by atoms with Crippen LogP contribution in [0, 0.1) is 17.8 Å². The van der Waals surface area contributed by atoms with Crippen LogP contribution in [-0.2, 0) is 35.2 Å². The fraction of sp³-hybridized carbons (Fsp3) is 0.474. The second-order valence-electron chi connectivity index (χ2n) is 13.4. The monoisotopic (exact) mass is 735 g/mol. The highest BCUT2D eigenvalue weighted by atomic mass is 79.9. The predicted octanol–water partition coefficient (Wildman–Crippen LogP) is 4.33. The van der Waals surface area contributed by atoms with Crippen LogP contribution in [0.1, 0.15) is 50.3 Å². The van der Waals surface area contributed by atoms with E-state index in [1.165, 1.54) is 4.90 Å². The lowest BCUT2D eigenvalue weighted by Crippen LogP contribution is -2.59. The number of carbonyl (C=O) groups is 4. The van der Waals surface area contributed by atoms with Gasteiger partial charge in [0.15, 0.2) is 0 Å². The zero-order valence-electron chi connectivity index (χ0n) is 28.1. The van der Waals surface area contributed by atoms with Crippen LogP contribution in [0.15, 0.2) is 86.0 Å². The Kier molecular flexibility index (Phi) is 11.8. The van der Waals surface area contributed by atoms with Gasteiger partial charge in [0.1, 0.15) is 18.2 Å². The Balaban J connectivity index is 1.50. The summed E-state index contributed by atoms with van der Waals surface area (Å²) in [5, 5.41) is 13.7. The smallest absolute Gasteiger partial charge is 0.306 e. The molecule has 8 atom stereocenters. The third-order valence-corrected chi connectivity index (χ3v) is 10.8. The molecular weight excluding hydrogens is 690 g/mol. The number of likely N-dealkylation sites (tertiary alicyclic amines) is 1. The van der Waals surface area contributed by atoms with Crippen LogP contribution in [-0.4, -0.2) is 87.0 Å². The van der Waals surface area contributed by atoms with Crippen molar-refractivity contribution in [2.75, 3.05) is 19.8 Å². The topological polar surface area (TPSA) is 125 Å². The molecule has 10 nitrogen and oxygen atoms in total. The van der Waals surface area contributed by atoms with Gasteiger partial charge in [0.2, 0.25) is 17.7 Å². The first-order valence-corrected chi connectivity index (χ1v) is 17.8. The quantitative estimate of drug-likeness (QED) is 0.149. The summed E-state index contributed by atoms with van der Waals surface area (Å²) < 4.78 is 12.3. The molecular formula is C38H46BrN3O7. The molecule has 1 unspecified atom stereocenters. The summed E-state index contributed by atoms with van der Waals surface area (Å²) >= 11 is 3.74. The second kappa shape index (κ2) is 15.8. The van der Waals surface area contributed by atoms with Crippen LogP contribution < -0.4 is 5.32 Å². The van der Waals surface area contributed by atoms with Crippen molar-refractivity contribution in [3.05, 3.63) is 97.1 Å². The number of nitrogens with zero attached hydrogens (tertiary/aromatic N) is 2. The number of esters is 1. The molecule has 2 bridgehead atoms. The maximum atomic E-state index is 14.8. The van der Waals surface area contributed by atoms with Crippen molar-refractivity contribution in [1.29, 1.82) is 0 Å². The highest BCUT2D eigenvalue weighted by Gasteiger charge is 2.77. The minimum atomic E-state index is -1.31. The molecule has 0 radical (unpaired) electrons. The van der Waals surface area contributed by atoms with E-state index in [0.717, 1.165) is 11.1 Å². The number of aliphatic hydroxyl groups excluding tert-OH is 1. The first kappa shape index (κ1) is 36.5. The number of aliphatic hydroxyl groups is 1. The molecule has 0 aromatic heterocycles. The summed E-state index contributed by atoms with van der Waals surface area (Å²) in [6.07, 6.45) is 3.56. The number of hydrogen-bond donors (Lipinski definition) is 2. The number of hydrogen-bond acceptors (Lipinski definition) is 7. The van der Waals surface area contributed by atoms with Gasteiger partial charge in [0, 0.05) is 24.3 Å². The summed E-state index contributed by atoms with van der Waals surface area (Å²) in [6, 6.07) is 16.3. The Hall–Kier alpha value is -3.80. The van der Waals surface area contributed by atoms with E-state index in [1.807, 2.05) is 74.5 Å². The fourth-order valence-electron chi connectivity index (χ4n) is 7.63. The van der Waals surface area contributed by atoms with E-state index in [2.05, 4.69) is 34.4 Å². The first-order chi connectivity index (χ1) is 23.6. The van der Waals surface area contributed by atoms with Gasteiger partial charge in [-0.1, -0.05) is 103 Å². The molecule has 3 saturated heterocycles. The number of alkyl halides is 1. The lowest BCUT2D eigenvalue weighted by atomic mass is 9.70. The maximum absolute atomic E-state index is 14.8. The molecule has 2 aromatic carbocycles. The van der Waals surface area contributed by atoms with E-state index < -0.39 is 59.5 Å². The Morgan fingerprint density at radius 2 is 1.80 bits per heavy atom. The average molecular weight is 737 g/mol. The third-order valence-electron chi connectivity index (χ3n) is 9.94. The van der Waals surface area contributed by atoms with E-state index in [4.69, 9.17) is 9.47 Å². The van der Waals surface area contributed by atoms with Gasteiger partial charge in [-0.3, -0.25) is 19.2 Å². The van der Waals surface area contributed by atoms with Gasteiger partial charge in [-0.2, -0.15) is 0 Å². The van der Waals surface area contributed by atoms with Gasteiger partial charge in [-0.15, -0.1) is 13.2 Å². The van der Waals surface area contributed by atoms with Crippen LogP contribution in [0.3, 0.4) is 0 Å². The molecule has 3 aliphatic heterocycles. The van der Waals surface area contributed by atoms with Crippen molar-refractivity contribution >= 4 is 39.6 Å². The SMILES string of the molecule is C=CCCC(=O)OC[C@H](NC(=O)[C@H]1[C@@H]2O[C@@]3(CC2Br)[C@@H]1C(=O)N([C@@H](CO)C(C)C)[C@@H]3C(=O)N(CC=C)Cc1ccccc1)c1ccccc1. The molecule has 11 heteroatoms. The zero-order valence-corrected chi connectivity index (χ0v) is 29.7. The Morgan fingerprint density at radius 1 is 1.12 bits per heavy atom. The molecule has 0 saturated carbocycles. The fourth-order valence-corrected chi connectivity index (χ4v) is 8.57. The van der Waals surface area contributed by atoms with Crippen LogP contribution >= 0.6 is 15.9 Å². The summed E-state index contributed by atoms with van der Waals surface area (Å²) in [5.74, 6) is -3.67. The minimum absolute atomic E-state index is 0.103. The highest BCUT2D eigenvalue weighted by molar-refractivity contribution is 9.09. The molecule has 3 heterocycles. The van der Waals surface area contributed by atoms with Crippen LogP contribution in [0.4, 0.5) is 0 Å². The van der Waals surface area contributed by atoms with Crippen molar-refractivity contribution < 1.29 is 33.8 Å². The maximum Gasteiger partial charge on any atom is 0.306 e. The van der Waals surface area contributed by atoms with Crippen molar-refractivity contribution in [3.63, 3.8) is 0 Å². The Labute approximate surface area is 296 Å². The number of carbonyl (C=O) groups excluding carboxylic acids is 4. The molecule has 5 rings (SSSR count). The molecule has 0 aliphatic carbocycles. The Morgan fingerprint density at radius 3 is 2.41 bits per heavy atom. The van der Waals surface area contributed by atoms with Crippen molar-refractivity contribution in [3.8, 4) is 0 Å². The molecule has 3 fully saturated rings. The number of rotatable bonds is 16. The van der Waals surface area contributed by atoms with Crippen LogP contribution in [0.5, 0.6) is 0 Å². The second-order valence-corrected chi connectivity index (χ2v) is 14.6. The van der Waals surface area contributed by atoms with Crippen LogP contribution in [0.2, 0.25) is 0 Å². The zero-order chi connectivity index (χ0) is 35.3. The number of ether oxygens (including phenoxy) is 2. The summed E-state index contributed by atoms with van der Waals surface area (Å²) in [5.41, 5.74) is 0.331. The summed E-state index contributed by atoms with van der Waals surface area (Å²) in [6.45, 7) is 11.4. The highest BCUT2D eigenvalue weighted by Crippen LogP contribution is 2.60. The van der Waals surface area contributed by atoms with E-state index in [0.29, 0.717) is 12.8 Å². The van der Waals surface area contributed by atoms with Gasteiger partial charge < -0.3 is 29.7 Å². The average Bonchev–Trinajstić information content (AvgIpc) is 3.69. The van der Waals surface area contributed by atoms with Gasteiger partial charge in [-0.05, 0) is 29.9 Å². The minimum Gasteiger partial charge on any atom is -0.463 e. The van der Waals surface area contributed by atoms with Gasteiger partial charge in [0.05, 0.1) is 36.6 Å². The number of fused-ring (bicyclic) bond motifs is 1. The standard InChI is InChI=1S/C38H46BrN3O7/c1-5-7-18-30(44)48-23-28(26-16-12-9-13-17-26)40-35(45)31-32-36(46)42(29(22-43)24(3)4)34(38(32)20-27(39)33(31)49-38)37(47)41(19-6-2)21-25-14-10-8-11-15-25/h5-6,8-17,24,27-29,31-34,43H,1-2,7,18-23H2,3-4H3,(H,40,45)/t27?,28-,29-,31+,32-,33+,34+,38-/m0/s1.